The zero-order valence-electron chi connectivity index (χ0n) is 15.7. The van der Waals surface area contributed by atoms with Gasteiger partial charge in [0, 0.05) is 62.9 Å². The number of rotatable bonds is 6. The molecular formula is C19H23N7OS. The fourth-order valence-corrected chi connectivity index (χ4v) is 4.02. The molecule has 3 aromatic heterocycles. The van der Waals surface area contributed by atoms with Crippen molar-refractivity contribution < 1.29 is 5.11 Å². The number of nitrogens with zero attached hydrogens (tertiary/aromatic N) is 6. The second-order valence-corrected chi connectivity index (χ2v) is 7.64. The van der Waals surface area contributed by atoms with E-state index in [0.29, 0.717) is 0 Å². The number of piperazine rings is 1. The lowest BCUT2D eigenvalue weighted by Crippen LogP contribution is -2.47. The molecule has 9 heteroatoms. The summed E-state index contributed by atoms with van der Waals surface area (Å²) in [5.41, 5.74) is 1.05. The first-order chi connectivity index (χ1) is 13.7. The Bertz CT molecular complexity index is 910. The van der Waals surface area contributed by atoms with Crippen LogP contribution in [0.15, 0.2) is 36.8 Å². The standard InChI is InChI=1S/C19H23N7OS/c1-14-22-17(11-18(23-14)26-7-5-25(6-8-26)9-10-27)24-19-21-13-16(28-19)15-3-2-4-20-12-15/h2-4,11-13,27H,5-10H2,1H3,(H,21,22,23,24). The van der Waals surface area contributed by atoms with Crippen molar-refractivity contribution in [3.8, 4) is 10.4 Å². The Hall–Kier alpha value is -2.62. The fraction of sp³-hybridized carbons (Fsp3) is 0.368. The number of aromatic nitrogens is 4. The Morgan fingerprint density at radius 3 is 2.79 bits per heavy atom. The fourth-order valence-electron chi connectivity index (χ4n) is 3.20. The van der Waals surface area contributed by atoms with Crippen molar-refractivity contribution in [2.24, 2.45) is 0 Å². The molecule has 3 aromatic rings. The summed E-state index contributed by atoms with van der Waals surface area (Å²) in [5.74, 6) is 2.39. The molecule has 2 N–H and O–H groups in total. The van der Waals surface area contributed by atoms with Crippen molar-refractivity contribution in [2.75, 3.05) is 49.5 Å². The number of aliphatic hydroxyl groups is 1. The van der Waals surface area contributed by atoms with Crippen LogP contribution in [0.4, 0.5) is 16.8 Å². The van der Waals surface area contributed by atoms with E-state index in [1.807, 2.05) is 37.5 Å². The van der Waals surface area contributed by atoms with E-state index in [0.717, 1.165) is 65.8 Å². The lowest BCUT2D eigenvalue weighted by molar-refractivity contribution is 0.188. The average molecular weight is 398 g/mol. The molecule has 0 amide bonds. The molecule has 0 spiro atoms. The molecule has 146 valence electrons. The summed E-state index contributed by atoms with van der Waals surface area (Å²) in [6.07, 6.45) is 5.44. The van der Waals surface area contributed by atoms with Crippen LogP contribution >= 0.6 is 11.3 Å². The summed E-state index contributed by atoms with van der Waals surface area (Å²) < 4.78 is 0. The van der Waals surface area contributed by atoms with Gasteiger partial charge in [0.2, 0.25) is 0 Å². The highest BCUT2D eigenvalue weighted by Gasteiger charge is 2.18. The lowest BCUT2D eigenvalue weighted by Gasteiger charge is -2.35. The van der Waals surface area contributed by atoms with Gasteiger partial charge in [0.15, 0.2) is 5.13 Å². The van der Waals surface area contributed by atoms with E-state index in [-0.39, 0.29) is 6.61 Å². The van der Waals surface area contributed by atoms with Crippen LogP contribution in [0.5, 0.6) is 0 Å². The van der Waals surface area contributed by atoms with Gasteiger partial charge in [-0.05, 0) is 13.0 Å². The van der Waals surface area contributed by atoms with Crippen LogP contribution in [-0.2, 0) is 0 Å². The third-order valence-electron chi connectivity index (χ3n) is 4.62. The van der Waals surface area contributed by atoms with Gasteiger partial charge in [-0.15, -0.1) is 0 Å². The van der Waals surface area contributed by atoms with Crippen molar-refractivity contribution in [1.29, 1.82) is 0 Å². The highest BCUT2D eigenvalue weighted by molar-refractivity contribution is 7.18. The van der Waals surface area contributed by atoms with E-state index < -0.39 is 0 Å². The Morgan fingerprint density at radius 1 is 1.18 bits per heavy atom. The molecule has 0 aliphatic carbocycles. The van der Waals surface area contributed by atoms with Crippen molar-refractivity contribution in [1.82, 2.24) is 24.8 Å². The smallest absolute Gasteiger partial charge is 0.188 e. The molecular weight excluding hydrogens is 374 g/mol. The number of anilines is 3. The zero-order chi connectivity index (χ0) is 19.3. The molecule has 0 saturated carbocycles. The van der Waals surface area contributed by atoms with Crippen LogP contribution in [0.3, 0.4) is 0 Å². The molecule has 4 rings (SSSR count). The normalized spacial score (nSPS) is 15.0. The number of nitrogens with one attached hydrogen (secondary N) is 1. The van der Waals surface area contributed by atoms with Gasteiger partial charge >= 0.3 is 0 Å². The van der Waals surface area contributed by atoms with E-state index in [1.54, 1.807) is 17.5 Å². The summed E-state index contributed by atoms with van der Waals surface area (Å²) in [6.45, 7) is 6.46. The number of aliphatic hydroxyl groups excluding tert-OH is 1. The van der Waals surface area contributed by atoms with Gasteiger partial charge < -0.3 is 15.3 Å². The van der Waals surface area contributed by atoms with Crippen LogP contribution in [0.25, 0.3) is 10.4 Å². The Labute approximate surface area is 167 Å². The SMILES string of the molecule is Cc1nc(Nc2ncc(-c3cccnc3)s2)cc(N2CCN(CCO)CC2)n1. The molecule has 28 heavy (non-hydrogen) atoms. The predicted molar refractivity (Wildman–Crippen MR) is 111 cm³/mol. The van der Waals surface area contributed by atoms with Gasteiger partial charge in [0.25, 0.3) is 0 Å². The van der Waals surface area contributed by atoms with Gasteiger partial charge in [0.05, 0.1) is 11.5 Å². The van der Waals surface area contributed by atoms with Gasteiger partial charge in [-0.1, -0.05) is 17.4 Å². The molecule has 0 aromatic carbocycles. The minimum Gasteiger partial charge on any atom is -0.395 e. The minimum absolute atomic E-state index is 0.204. The monoisotopic (exact) mass is 397 g/mol. The van der Waals surface area contributed by atoms with E-state index in [2.05, 4.69) is 35.1 Å². The molecule has 4 heterocycles. The quantitative estimate of drug-likeness (QED) is 0.654. The number of pyridine rings is 1. The van der Waals surface area contributed by atoms with E-state index in [1.165, 1.54) is 0 Å². The maximum Gasteiger partial charge on any atom is 0.188 e. The van der Waals surface area contributed by atoms with E-state index >= 15 is 0 Å². The summed E-state index contributed by atoms with van der Waals surface area (Å²) in [5, 5.41) is 13.2. The largest absolute Gasteiger partial charge is 0.395 e. The maximum absolute atomic E-state index is 9.10. The number of β-amino-alcohol motifs (C(OH)–C–C–N with tert-alkyl or cyclic N) is 1. The molecule has 8 nitrogen and oxygen atoms in total. The van der Waals surface area contributed by atoms with Crippen molar-refractivity contribution in [3.63, 3.8) is 0 Å². The van der Waals surface area contributed by atoms with Crippen LogP contribution in [-0.4, -0.2) is 69.3 Å². The first kappa shape index (κ1) is 18.7. The number of aryl methyl sites for hydroxylation is 1. The second kappa shape index (κ2) is 8.59. The summed E-state index contributed by atoms with van der Waals surface area (Å²) in [7, 11) is 0. The summed E-state index contributed by atoms with van der Waals surface area (Å²) >= 11 is 1.57. The first-order valence-corrected chi connectivity index (χ1v) is 10.1. The van der Waals surface area contributed by atoms with Crippen LogP contribution < -0.4 is 10.2 Å². The second-order valence-electron chi connectivity index (χ2n) is 6.61. The molecule has 1 aliphatic heterocycles. The highest BCUT2D eigenvalue weighted by atomic mass is 32.1. The Balaban J connectivity index is 1.47. The van der Waals surface area contributed by atoms with Crippen LogP contribution in [0.2, 0.25) is 0 Å². The van der Waals surface area contributed by atoms with Crippen LogP contribution in [0, 0.1) is 6.92 Å². The van der Waals surface area contributed by atoms with Crippen molar-refractivity contribution >= 4 is 28.1 Å². The summed E-state index contributed by atoms with van der Waals surface area (Å²) in [6, 6.07) is 5.91. The number of thiazole rings is 1. The zero-order valence-corrected chi connectivity index (χ0v) is 16.6. The van der Waals surface area contributed by atoms with Crippen molar-refractivity contribution in [3.05, 3.63) is 42.6 Å². The summed E-state index contributed by atoms with van der Waals surface area (Å²) in [4.78, 5) is 23.3. The molecule has 0 bridgehead atoms. The van der Waals surface area contributed by atoms with Gasteiger partial charge in [-0.25, -0.2) is 15.0 Å². The average Bonchev–Trinajstić information content (AvgIpc) is 3.17. The third-order valence-corrected chi connectivity index (χ3v) is 5.59. The topological polar surface area (TPSA) is 90.3 Å². The molecule has 0 radical (unpaired) electrons. The number of hydrogen-bond donors (Lipinski definition) is 2. The highest BCUT2D eigenvalue weighted by Crippen LogP contribution is 2.30. The molecule has 0 unspecified atom stereocenters. The van der Waals surface area contributed by atoms with Gasteiger partial charge in [0.1, 0.15) is 17.5 Å². The Morgan fingerprint density at radius 2 is 2.04 bits per heavy atom. The lowest BCUT2D eigenvalue weighted by atomic mass is 10.3. The maximum atomic E-state index is 9.10. The third kappa shape index (κ3) is 4.44. The Kier molecular flexibility index (Phi) is 5.75. The van der Waals surface area contributed by atoms with Gasteiger partial charge in [-0.2, -0.15) is 0 Å². The van der Waals surface area contributed by atoms with E-state index in [9.17, 15) is 0 Å². The molecule has 1 aliphatic rings. The molecule has 1 saturated heterocycles. The van der Waals surface area contributed by atoms with E-state index in [4.69, 9.17) is 5.11 Å². The molecule has 0 atom stereocenters. The first-order valence-electron chi connectivity index (χ1n) is 9.28. The van der Waals surface area contributed by atoms with Crippen molar-refractivity contribution in [2.45, 2.75) is 6.92 Å². The predicted octanol–water partition coefficient (Wildman–Crippen LogP) is 2.16. The molecule has 1 fully saturated rings. The number of hydrogen-bond acceptors (Lipinski definition) is 9. The van der Waals surface area contributed by atoms with Gasteiger partial charge in [-0.3, -0.25) is 9.88 Å². The van der Waals surface area contributed by atoms with Crippen LogP contribution in [0.1, 0.15) is 5.82 Å². The minimum atomic E-state index is 0.204.